The van der Waals surface area contributed by atoms with E-state index in [0.29, 0.717) is 16.9 Å². The Kier molecular flexibility index (Phi) is 2.82. The molecule has 17 heavy (non-hydrogen) atoms. The van der Waals surface area contributed by atoms with Gasteiger partial charge in [-0.05, 0) is 31.2 Å². The molecule has 1 aromatic heterocycles. The average molecular weight is 230 g/mol. The van der Waals surface area contributed by atoms with Crippen molar-refractivity contribution in [3.05, 3.63) is 41.7 Å². The van der Waals surface area contributed by atoms with E-state index in [0.717, 1.165) is 5.69 Å². The molecule has 0 atom stereocenters. The Balaban J connectivity index is 2.17. The van der Waals surface area contributed by atoms with Crippen molar-refractivity contribution in [3.8, 4) is 0 Å². The Morgan fingerprint density at radius 1 is 1.35 bits per heavy atom. The van der Waals surface area contributed by atoms with Crippen LogP contribution in [0.3, 0.4) is 0 Å². The highest BCUT2D eigenvalue weighted by molar-refractivity contribution is 6.04. The van der Waals surface area contributed by atoms with Crippen LogP contribution in [0.1, 0.15) is 16.1 Å². The van der Waals surface area contributed by atoms with Gasteiger partial charge in [0, 0.05) is 24.5 Å². The van der Waals surface area contributed by atoms with Gasteiger partial charge < -0.3 is 11.1 Å². The van der Waals surface area contributed by atoms with Crippen LogP contribution in [0.4, 0.5) is 11.4 Å². The maximum atomic E-state index is 11.9. The topological polar surface area (TPSA) is 72.9 Å². The van der Waals surface area contributed by atoms with Gasteiger partial charge in [0.2, 0.25) is 0 Å². The normalized spacial score (nSPS) is 10.2. The summed E-state index contributed by atoms with van der Waals surface area (Å²) in [6.45, 7) is 1.85. The number of nitrogen functional groups attached to an aromatic ring is 1. The molecule has 1 aromatic carbocycles. The number of amides is 1. The molecule has 2 rings (SSSR count). The Hall–Kier alpha value is -2.30. The number of anilines is 2. The highest BCUT2D eigenvalue weighted by atomic mass is 16.1. The van der Waals surface area contributed by atoms with Crippen LogP contribution in [-0.2, 0) is 7.05 Å². The van der Waals surface area contributed by atoms with Gasteiger partial charge in [-0.1, -0.05) is 0 Å². The second kappa shape index (κ2) is 4.29. The fraction of sp³-hybridized carbons (Fsp3) is 0.167. The number of rotatable bonds is 2. The molecule has 0 saturated heterocycles. The number of carbonyl (C=O) groups is 1. The first-order chi connectivity index (χ1) is 8.06. The second-order valence-electron chi connectivity index (χ2n) is 3.88. The van der Waals surface area contributed by atoms with Crippen molar-refractivity contribution in [3.63, 3.8) is 0 Å². The van der Waals surface area contributed by atoms with Crippen LogP contribution in [-0.4, -0.2) is 15.7 Å². The predicted molar refractivity (Wildman–Crippen MR) is 66.8 cm³/mol. The Bertz CT molecular complexity index is 542. The fourth-order valence-corrected chi connectivity index (χ4v) is 1.55. The van der Waals surface area contributed by atoms with Crippen molar-refractivity contribution in [2.45, 2.75) is 6.92 Å². The monoisotopic (exact) mass is 230 g/mol. The largest absolute Gasteiger partial charge is 0.399 e. The molecule has 0 aliphatic carbocycles. The zero-order valence-electron chi connectivity index (χ0n) is 9.77. The standard InChI is InChI=1S/C12H14N4O/c1-8-11(7-16(2)15-8)14-12(17)9-3-5-10(13)6-4-9/h3-7H,13H2,1-2H3,(H,14,17). The summed E-state index contributed by atoms with van der Waals surface area (Å²) in [6, 6.07) is 6.78. The van der Waals surface area contributed by atoms with Crippen molar-refractivity contribution in [1.29, 1.82) is 0 Å². The highest BCUT2D eigenvalue weighted by Gasteiger charge is 2.09. The molecule has 88 valence electrons. The number of nitrogens with two attached hydrogens (primary N) is 1. The summed E-state index contributed by atoms with van der Waals surface area (Å²) in [4.78, 5) is 11.9. The minimum absolute atomic E-state index is 0.166. The van der Waals surface area contributed by atoms with Crippen LogP contribution in [0.15, 0.2) is 30.5 Å². The van der Waals surface area contributed by atoms with Gasteiger partial charge in [0.25, 0.3) is 5.91 Å². The van der Waals surface area contributed by atoms with Crippen LogP contribution >= 0.6 is 0 Å². The summed E-state index contributed by atoms with van der Waals surface area (Å²) < 4.78 is 1.66. The van der Waals surface area contributed by atoms with Gasteiger partial charge in [-0.2, -0.15) is 5.10 Å². The highest BCUT2D eigenvalue weighted by Crippen LogP contribution is 2.13. The summed E-state index contributed by atoms with van der Waals surface area (Å²) in [5, 5.41) is 6.96. The molecule has 0 bridgehead atoms. The predicted octanol–water partition coefficient (Wildman–Crippen LogP) is 1.56. The minimum atomic E-state index is -0.166. The lowest BCUT2D eigenvalue weighted by atomic mass is 10.2. The summed E-state index contributed by atoms with van der Waals surface area (Å²) in [7, 11) is 1.81. The summed E-state index contributed by atoms with van der Waals surface area (Å²) in [6.07, 6.45) is 1.77. The van der Waals surface area contributed by atoms with E-state index >= 15 is 0 Å². The van der Waals surface area contributed by atoms with Gasteiger partial charge in [-0.25, -0.2) is 0 Å². The number of aryl methyl sites for hydroxylation is 2. The van der Waals surface area contributed by atoms with Gasteiger partial charge >= 0.3 is 0 Å². The number of aromatic nitrogens is 2. The van der Waals surface area contributed by atoms with Gasteiger partial charge in [0.15, 0.2) is 0 Å². The summed E-state index contributed by atoms with van der Waals surface area (Å²) >= 11 is 0. The number of benzene rings is 1. The van der Waals surface area contributed by atoms with Crippen LogP contribution in [0, 0.1) is 6.92 Å². The molecule has 0 spiro atoms. The Labute approximate surface area is 99.2 Å². The molecule has 1 heterocycles. The van der Waals surface area contributed by atoms with E-state index in [2.05, 4.69) is 10.4 Å². The third-order valence-electron chi connectivity index (χ3n) is 2.43. The maximum absolute atomic E-state index is 11.9. The van der Waals surface area contributed by atoms with E-state index in [1.807, 2.05) is 14.0 Å². The van der Waals surface area contributed by atoms with E-state index in [-0.39, 0.29) is 5.91 Å². The van der Waals surface area contributed by atoms with Crippen molar-refractivity contribution in [2.24, 2.45) is 7.05 Å². The zero-order chi connectivity index (χ0) is 12.4. The molecule has 5 heteroatoms. The van der Waals surface area contributed by atoms with E-state index in [4.69, 9.17) is 5.73 Å². The van der Waals surface area contributed by atoms with Crippen LogP contribution in [0.2, 0.25) is 0 Å². The molecule has 0 saturated carbocycles. The number of hydrogen-bond acceptors (Lipinski definition) is 3. The van der Waals surface area contributed by atoms with Crippen LogP contribution in [0.5, 0.6) is 0 Å². The SMILES string of the molecule is Cc1nn(C)cc1NC(=O)c1ccc(N)cc1. The molecule has 3 N–H and O–H groups in total. The Morgan fingerprint density at radius 3 is 2.53 bits per heavy atom. The van der Waals surface area contributed by atoms with Gasteiger partial charge in [0.1, 0.15) is 0 Å². The molecule has 0 radical (unpaired) electrons. The lowest BCUT2D eigenvalue weighted by Gasteiger charge is -2.03. The van der Waals surface area contributed by atoms with Crippen molar-refractivity contribution in [1.82, 2.24) is 9.78 Å². The molecule has 0 unspecified atom stereocenters. The molecule has 0 aliphatic heterocycles. The lowest BCUT2D eigenvalue weighted by Crippen LogP contribution is -2.12. The number of hydrogen-bond donors (Lipinski definition) is 2. The van der Waals surface area contributed by atoms with E-state index < -0.39 is 0 Å². The molecule has 0 fully saturated rings. The Morgan fingerprint density at radius 2 is 2.00 bits per heavy atom. The summed E-state index contributed by atoms with van der Waals surface area (Å²) in [5.74, 6) is -0.166. The quantitative estimate of drug-likeness (QED) is 0.769. The minimum Gasteiger partial charge on any atom is -0.399 e. The van der Waals surface area contributed by atoms with Gasteiger partial charge in [-0.3, -0.25) is 9.48 Å². The number of carbonyl (C=O) groups excluding carboxylic acids is 1. The molecular formula is C12H14N4O. The van der Waals surface area contributed by atoms with Crippen molar-refractivity contribution in [2.75, 3.05) is 11.1 Å². The molecule has 2 aromatic rings. The third kappa shape index (κ3) is 2.44. The average Bonchev–Trinajstić information content (AvgIpc) is 2.58. The fourth-order valence-electron chi connectivity index (χ4n) is 1.55. The van der Waals surface area contributed by atoms with Crippen molar-refractivity contribution < 1.29 is 4.79 Å². The van der Waals surface area contributed by atoms with Crippen molar-refractivity contribution >= 4 is 17.3 Å². The first-order valence-electron chi connectivity index (χ1n) is 5.23. The van der Waals surface area contributed by atoms with E-state index in [9.17, 15) is 4.79 Å². The van der Waals surface area contributed by atoms with Gasteiger partial charge in [0.05, 0.1) is 11.4 Å². The van der Waals surface area contributed by atoms with E-state index in [1.54, 1.807) is 35.1 Å². The summed E-state index contributed by atoms with van der Waals surface area (Å²) in [5.41, 5.74) is 8.28. The molecule has 1 amide bonds. The first kappa shape index (κ1) is 11.2. The number of nitrogens with zero attached hydrogens (tertiary/aromatic N) is 2. The molecular weight excluding hydrogens is 216 g/mol. The van der Waals surface area contributed by atoms with Crippen LogP contribution < -0.4 is 11.1 Å². The molecule has 0 aliphatic rings. The second-order valence-corrected chi connectivity index (χ2v) is 3.88. The van der Waals surface area contributed by atoms with E-state index in [1.165, 1.54) is 0 Å². The lowest BCUT2D eigenvalue weighted by molar-refractivity contribution is 0.102. The van der Waals surface area contributed by atoms with Gasteiger partial charge in [-0.15, -0.1) is 0 Å². The smallest absolute Gasteiger partial charge is 0.255 e. The maximum Gasteiger partial charge on any atom is 0.255 e. The zero-order valence-corrected chi connectivity index (χ0v) is 9.77. The van der Waals surface area contributed by atoms with Crippen LogP contribution in [0.25, 0.3) is 0 Å². The molecule has 5 nitrogen and oxygen atoms in total. The first-order valence-corrected chi connectivity index (χ1v) is 5.23. The number of nitrogens with one attached hydrogen (secondary N) is 1. The third-order valence-corrected chi connectivity index (χ3v) is 2.43.